The van der Waals surface area contributed by atoms with Crippen LogP contribution in [0.15, 0.2) is 12.1 Å². The lowest BCUT2D eigenvalue weighted by Gasteiger charge is -2.22. The predicted molar refractivity (Wildman–Crippen MR) is 76.9 cm³/mol. The van der Waals surface area contributed by atoms with Gasteiger partial charge in [-0.3, -0.25) is 14.9 Å². The lowest BCUT2D eigenvalue weighted by atomic mass is 10.1. The van der Waals surface area contributed by atoms with Gasteiger partial charge in [-0.1, -0.05) is 18.5 Å². The Balaban J connectivity index is 2.36. The molecule has 0 radical (unpaired) electrons. The maximum absolute atomic E-state index is 12.5. The maximum Gasteiger partial charge on any atom is 0.294 e. The second-order valence-corrected chi connectivity index (χ2v) is 5.28. The van der Waals surface area contributed by atoms with E-state index in [9.17, 15) is 14.9 Å². The molecule has 7 heteroatoms. The number of hydrogen-bond donors (Lipinski definition) is 1. The highest BCUT2D eigenvalue weighted by Gasteiger charge is 2.33. The number of amides is 1. The van der Waals surface area contributed by atoms with E-state index in [0.29, 0.717) is 6.54 Å². The predicted octanol–water partition coefficient (Wildman–Crippen LogP) is 2.85. The molecular formula is C13H16ClN3O3. The smallest absolute Gasteiger partial charge is 0.294 e. The van der Waals surface area contributed by atoms with E-state index in [4.69, 9.17) is 17.3 Å². The third-order valence-electron chi connectivity index (χ3n) is 3.26. The lowest BCUT2D eigenvalue weighted by Crippen LogP contribution is -2.33. The number of hydrogen-bond acceptors (Lipinski definition) is 4. The van der Waals surface area contributed by atoms with E-state index in [1.807, 2.05) is 6.92 Å². The largest absolute Gasteiger partial charge is 0.392 e. The number of anilines is 1. The maximum atomic E-state index is 12.5. The summed E-state index contributed by atoms with van der Waals surface area (Å²) >= 11 is 5.88. The van der Waals surface area contributed by atoms with Crippen LogP contribution in [0.2, 0.25) is 5.02 Å². The molecule has 108 valence electrons. The summed E-state index contributed by atoms with van der Waals surface area (Å²) < 4.78 is 0. The van der Waals surface area contributed by atoms with Gasteiger partial charge in [-0.25, -0.2) is 0 Å². The molecule has 0 unspecified atom stereocenters. The van der Waals surface area contributed by atoms with Crippen molar-refractivity contribution in [3.05, 3.63) is 32.8 Å². The van der Waals surface area contributed by atoms with Crippen LogP contribution in [-0.4, -0.2) is 28.3 Å². The number of nitro benzene ring substituents is 1. The molecule has 0 bridgehead atoms. The molecule has 1 aromatic carbocycles. The third kappa shape index (κ3) is 2.85. The number of carbonyl (C=O) groups excluding carboxylic acids is 1. The zero-order valence-corrected chi connectivity index (χ0v) is 11.9. The zero-order chi connectivity index (χ0) is 14.9. The molecule has 1 aliphatic rings. The fourth-order valence-corrected chi connectivity index (χ4v) is 2.34. The molecule has 20 heavy (non-hydrogen) atoms. The number of halogens is 1. The third-order valence-corrected chi connectivity index (χ3v) is 3.58. The van der Waals surface area contributed by atoms with Crippen molar-refractivity contribution in [3.63, 3.8) is 0 Å². The van der Waals surface area contributed by atoms with Crippen molar-refractivity contribution in [3.8, 4) is 0 Å². The standard InChI is InChI=1S/C13H16ClN3O3/c1-2-5-16(9-3-4-9)13(18)8-6-10(14)12(15)11(7-8)17(19)20/h6-7,9H,2-5,15H2,1H3. The molecule has 0 heterocycles. The number of benzene rings is 1. The van der Waals surface area contributed by atoms with E-state index in [1.165, 1.54) is 12.1 Å². The number of nitrogens with two attached hydrogens (primary N) is 1. The Morgan fingerprint density at radius 2 is 2.20 bits per heavy atom. The van der Waals surface area contributed by atoms with Gasteiger partial charge in [0.2, 0.25) is 0 Å². The van der Waals surface area contributed by atoms with Crippen molar-refractivity contribution in [1.82, 2.24) is 4.90 Å². The summed E-state index contributed by atoms with van der Waals surface area (Å²) in [4.78, 5) is 24.5. The fraction of sp³-hybridized carbons (Fsp3) is 0.462. The van der Waals surface area contributed by atoms with Crippen molar-refractivity contribution >= 4 is 28.9 Å². The van der Waals surface area contributed by atoms with Crippen molar-refractivity contribution in [2.24, 2.45) is 0 Å². The number of nitrogen functional groups attached to an aromatic ring is 1. The van der Waals surface area contributed by atoms with Gasteiger partial charge in [-0.2, -0.15) is 0 Å². The summed E-state index contributed by atoms with van der Waals surface area (Å²) in [6, 6.07) is 2.85. The Morgan fingerprint density at radius 1 is 1.55 bits per heavy atom. The highest BCUT2D eigenvalue weighted by atomic mass is 35.5. The summed E-state index contributed by atoms with van der Waals surface area (Å²) in [5, 5.41) is 11.0. The molecule has 1 fully saturated rings. The van der Waals surface area contributed by atoms with Gasteiger partial charge in [0.05, 0.1) is 9.95 Å². The Labute approximate surface area is 121 Å². The van der Waals surface area contributed by atoms with Crippen LogP contribution in [0.25, 0.3) is 0 Å². The number of nitrogens with zero attached hydrogens (tertiary/aromatic N) is 2. The van der Waals surface area contributed by atoms with Crippen LogP contribution < -0.4 is 5.73 Å². The molecule has 0 aliphatic heterocycles. The van der Waals surface area contributed by atoms with E-state index in [1.54, 1.807) is 4.90 Å². The van der Waals surface area contributed by atoms with Gasteiger partial charge in [0, 0.05) is 24.2 Å². The SMILES string of the molecule is CCCN(C(=O)c1cc(Cl)c(N)c([N+](=O)[O-])c1)C1CC1. The Morgan fingerprint density at radius 3 is 2.70 bits per heavy atom. The van der Waals surface area contributed by atoms with Gasteiger partial charge in [-0.15, -0.1) is 0 Å². The minimum atomic E-state index is -0.626. The molecule has 0 spiro atoms. The van der Waals surface area contributed by atoms with Crippen LogP contribution in [0.4, 0.5) is 11.4 Å². The Kier molecular flexibility index (Phi) is 4.13. The van der Waals surface area contributed by atoms with E-state index < -0.39 is 4.92 Å². The van der Waals surface area contributed by atoms with Crippen molar-refractivity contribution in [1.29, 1.82) is 0 Å². The number of nitro groups is 1. The highest BCUT2D eigenvalue weighted by Crippen LogP contribution is 2.33. The Bertz CT molecular complexity index is 558. The van der Waals surface area contributed by atoms with Crippen molar-refractivity contribution in [2.45, 2.75) is 32.2 Å². The summed E-state index contributed by atoms with van der Waals surface area (Å²) in [6.07, 6.45) is 2.81. The molecule has 1 saturated carbocycles. The molecule has 0 saturated heterocycles. The molecule has 1 aliphatic carbocycles. The number of rotatable bonds is 5. The van der Waals surface area contributed by atoms with Crippen LogP contribution in [0.3, 0.4) is 0 Å². The molecule has 2 rings (SSSR count). The highest BCUT2D eigenvalue weighted by molar-refractivity contribution is 6.34. The molecular weight excluding hydrogens is 282 g/mol. The monoisotopic (exact) mass is 297 g/mol. The first-order valence-electron chi connectivity index (χ1n) is 6.50. The first-order chi connectivity index (χ1) is 9.45. The average Bonchev–Trinajstić information content (AvgIpc) is 3.22. The van der Waals surface area contributed by atoms with Crippen molar-refractivity contribution in [2.75, 3.05) is 12.3 Å². The van der Waals surface area contributed by atoms with Gasteiger partial charge in [0.1, 0.15) is 5.69 Å². The Hall–Kier alpha value is -1.82. The van der Waals surface area contributed by atoms with Crippen LogP contribution in [0.1, 0.15) is 36.5 Å². The molecule has 2 N–H and O–H groups in total. The second-order valence-electron chi connectivity index (χ2n) is 4.88. The van der Waals surface area contributed by atoms with Crippen LogP contribution in [-0.2, 0) is 0 Å². The summed E-state index contributed by atoms with van der Waals surface area (Å²) in [5.74, 6) is -0.223. The summed E-state index contributed by atoms with van der Waals surface area (Å²) in [6.45, 7) is 2.63. The average molecular weight is 298 g/mol. The quantitative estimate of drug-likeness (QED) is 0.514. The van der Waals surface area contributed by atoms with Gasteiger partial charge in [0.15, 0.2) is 0 Å². The van der Waals surface area contributed by atoms with Gasteiger partial charge in [0.25, 0.3) is 11.6 Å². The van der Waals surface area contributed by atoms with Crippen LogP contribution in [0, 0.1) is 10.1 Å². The molecule has 6 nitrogen and oxygen atoms in total. The summed E-state index contributed by atoms with van der Waals surface area (Å²) in [5.41, 5.74) is 5.34. The van der Waals surface area contributed by atoms with E-state index >= 15 is 0 Å². The van der Waals surface area contributed by atoms with Crippen LogP contribution in [0.5, 0.6) is 0 Å². The van der Waals surface area contributed by atoms with E-state index in [-0.39, 0.29) is 33.9 Å². The minimum Gasteiger partial charge on any atom is -0.392 e. The van der Waals surface area contributed by atoms with E-state index in [0.717, 1.165) is 19.3 Å². The minimum absolute atomic E-state index is 0.0368. The van der Waals surface area contributed by atoms with Crippen LogP contribution >= 0.6 is 11.6 Å². The number of carbonyl (C=O) groups is 1. The van der Waals surface area contributed by atoms with Gasteiger partial charge < -0.3 is 10.6 Å². The normalized spacial score (nSPS) is 14.1. The lowest BCUT2D eigenvalue weighted by molar-refractivity contribution is -0.383. The second kappa shape index (κ2) is 5.66. The molecule has 0 aromatic heterocycles. The van der Waals surface area contributed by atoms with Crippen molar-refractivity contribution < 1.29 is 9.72 Å². The first kappa shape index (κ1) is 14.6. The van der Waals surface area contributed by atoms with Gasteiger partial charge >= 0.3 is 0 Å². The molecule has 1 aromatic rings. The topological polar surface area (TPSA) is 89.5 Å². The molecule has 1 amide bonds. The van der Waals surface area contributed by atoms with Gasteiger partial charge in [-0.05, 0) is 25.3 Å². The van der Waals surface area contributed by atoms with E-state index in [2.05, 4.69) is 0 Å². The summed E-state index contributed by atoms with van der Waals surface area (Å²) in [7, 11) is 0. The zero-order valence-electron chi connectivity index (χ0n) is 11.1. The molecule has 0 atom stereocenters. The fourth-order valence-electron chi connectivity index (χ4n) is 2.12. The first-order valence-corrected chi connectivity index (χ1v) is 6.87.